The first-order valence-electron chi connectivity index (χ1n) is 14.8. The van der Waals surface area contributed by atoms with Crippen molar-refractivity contribution in [2.75, 3.05) is 65.8 Å². The van der Waals surface area contributed by atoms with Gasteiger partial charge in [-0.1, -0.05) is 35.4 Å². The van der Waals surface area contributed by atoms with E-state index in [9.17, 15) is 26.4 Å². The Balaban J connectivity index is 1.59. The molecule has 0 aliphatic carbocycles. The largest absolute Gasteiger partial charge is 0.378 e. The summed E-state index contributed by atoms with van der Waals surface area (Å²) in [5.41, 5.74) is 1.82. The Morgan fingerprint density at radius 2 is 0.867 bits per heavy atom. The van der Waals surface area contributed by atoms with Crippen molar-refractivity contribution in [2.24, 2.45) is 0 Å². The minimum Gasteiger partial charge on any atom is -0.378 e. The number of rotatable bonds is 8. The molecule has 1 aliphatic heterocycles. The number of sulfonamides is 2. The van der Waals surface area contributed by atoms with Crippen LogP contribution < -0.4 is 9.44 Å². The fourth-order valence-electron chi connectivity index (χ4n) is 4.47. The molecule has 45 heavy (non-hydrogen) atoms. The SMILES string of the molecule is Cc1ccc(S(=O)(=O)N[C@H](C)C(=O)N2CCOCCOCCN(C(=O)[C@@H](C)NS(=O)(=O)c3ccc(C)cc3)CCOCC2)cc1. The smallest absolute Gasteiger partial charge is 0.241 e. The molecule has 1 aliphatic rings. The van der Waals surface area contributed by atoms with Crippen LogP contribution in [0.15, 0.2) is 58.3 Å². The number of hydrogen-bond donors (Lipinski definition) is 2. The molecule has 0 aromatic heterocycles. The Morgan fingerprint density at radius 1 is 0.578 bits per heavy atom. The number of ether oxygens (including phenoxy) is 3. The van der Waals surface area contributed by atoms with Gasteiger partial charge >= 0.3 is 0 Å². The highest BCUT2D eigenvalue weighted by molar-refractivity contribution is 7.89. The van der Waals surface area contributed by atoms with Gasteiger partial charge in [0.15, 0.2) is 0 Å². The molecule has 1 saturated heterocycles. The lowest BCUT2D eigenvalue weighted by molar-refractivity contribution is -0.134. The molecule has 15 heteroatoms. The van der Waals surface area contributed by atoms with Crippen LogP contribution in [0.1, 0.15) is 25.0 Å². The minimum atomic E-state index is -3.92. The van der Waals surface area contributed by atoms with Crippen LogP contribution in [0.25, 0.3) is 0 Å². The highest BCUT2D eigenvalue weighted by Crippen LogP contribution is 2.13. The van der Waals surface area contributed by atoms with E-state index in [1.165, 1.54) is 47.9 Å². The molecule has 0 bridgehead atoms. The standard InChI is InChI=1S/C30H44N4O9S2/c1-23-5-9-27(10-6-23)44(37,38)31-25(3)29(35)33-13-17-41-18-14-34(16-20-43-22-21-42-19-15-33)30(36)26(4)32-45(39,40)28-11-7-24(2)8-12-28/h5-12,25-26,31-32H,13-22H2,1-4H3/t25-,26-/m1/s1. The van der Waals surface area contributed by atoms with Crippen LogP contribution in [-0.2, 0) is 43.8 Å². The maximum absolute atomic E-state index is 13.3. The van der Waals surface area contributed by atoms with Crippen LogP contribution in [-0.4, -0.2) is 116 Å². The van der Waals surface area contributed by atoms with Gasteiger partial charge in [0.25, 0.3) is 0 Å². The van der Waals surface area contributed by atoms with Crippen molar-refractivity contribution in [2.45, 2.75) is 49.6 Å². The quantitative estimate of drug-likeness (QED) is 0.419. The number of benzene rings is 2. The van der Waals surface area contributed by atoms with Gasteiger partial charge in [-0.05, 0) is 52.0 Å². The van der Waals surface area contributed by atoms with Crippen LogP contribution in [0, 0.1) is 13.8 Å². The van der Waals surface area contributed by atoms with Gasteiger partial charge < -0.3 is 24.0 Å². The lowest BCUT2D eigenvalue weighted by Crippen LogP contribution is -2.49. The predicted molar refractivity (Wildman–Crippen MR) is 168 cm³/mol. The summed E-state index contributed by atoms with van der Waals surface area (Å²) < 4.78 is 73.2. The fraction of sp³-hybridized carbons (Fsp3) is 0.533. The molecule has 0 unspecified atom stereocenters. The van der Waals surface area contributed by atoms with Crippen LogP contribution in [0.3, 0.4) is 0 Å². The third kappa shape index (κ3) is 11.4. The summed E-state index contributed by atoms with van der Waals surface area (Å²) in [7, 11) is -7.84. The first-order chi connectivity index (χ1) is 21.3. The van der Waals surface area contributed by atoms with Gasteiger partial charge in [-0.3, -0.25) is 9.59 Å². The molecule has 250 valence electrons. The lowest BCUT2D eigenvalue weighted by Gasteiger charge is -2.27. The molecule has 1 heterocycles. The molecule has 2 atom stereocenters. The summed E-state index contributed by atoms with van der Waals surface area (Å²) >= 11 is 0. The van der Waals surface area contributed by atoms with Crippen LogP contribution in [0.2, 0.25) is 0 Å². The van der Waals surface area contributed by atoms with Crippen molar-refractivity contribution in [3.05, 3.63) is 59.7 Å². The third-order valence-electron chi connectivity index (χ3n) is 7.08. The average molecular weight is 669 g/mol. The van der Waals surface area contributed by atoms with Crippen molar-refractivity contribution in [1.82, 2.24) is 19.2 Å². The van der Waals surface area contributed by atoms with Gasteiger partial charge in [0.1, 0.15) is 0 Å². The molecule has 2 aromatic rings. The van der Waals surface area contributed by atoms with Crippen molar-refractivity contribution >= 4 is 31.9 Å². The predicted octanol–water partition coefficient (Wildman–Crippen LogP) is 1.06. The highest BCUT2D eigenvalue weighted by Gasteiger charge is 2.27. The monoisotopic (exact) mass is 668 g/mol. The fourth-order valence-corrected chi connectivity index (χ4v) is 6.87. The Kier molecular flexibility index (Phi) is 13.9. The van der Waals surface area contributed by atoms with Crippen LogP contribution in [0.5, 0.6) is 0 Å². The van der Waals surface area contributed by atoms with E-state index in [2.05, 4.69) is 9.44 Å². The Bertz CT molecular complexity index is 1360. The third-order valence-corrected chi connectivity index (χ3v) is 10.2. The number of amides is 2. The molecular formula is C30H44N4O9S2. The second kappa shape index (κ2) is 17.1. The molecule has 2 N–H and O–H groups in total. The second-order valence-corrected chi connectivity index (χ2v) is 14.2. The summed E-state index contributed by atoms with van der Waals surface area (Å²) in [4.78, 5) is 29.6. The van der Waals surface area contributed by atoms with Gasteiger partial charge in [-0.15, -0.1) is 0 Å². The van der Waals surface area contributed by atoms with E-state index in [1.807, 2.05) is 13.8 Å². The summed E-state index contributed by atoms with van der Waals surface area (Å²) in [6.07, 6.45) is 0. The van der Waals surface area contributed by atoms with Crippen LogP contribution in [0.4, 0.5) is 0 Å². The summed E-state index contributed by atoms with van der Waals surface area (Å²) in [6, 6.07) is 10.6. The maximum Gasteiger partial charge on any atom is 0.241 e. The van der Waals surface area contributed by atoms with E-state index < -0.39 is 43.9 Å². The number of carbonyl (C=O) groups excluding carboxylic acids is 2. The Hall–Kier alpha value is -2.92. The highest BCUT2D eigenvalue weighted by atomic mass is 32.2. The number of nitrogens with zero attached hydrogens (tertiary/aromatic N) is 2. The second-order valence-electron chi connectivity index (χ2n) is 10.8. The molecule has 3 rings (SSSR count). The van der Waals surface area contributed by atoms with Gasteiger partial charge in [0.2, 0.25) is 31.9 Å². The van der Waals surface area contributed by atoms with Crippen molar-refractivity contribution in [1.29, 1.82) is 0 Å². The zero-order chi connectivity index (χ0) is 33.0. The minimum absolute atomic E-state index is 0.0628. The van der Waals surface area contributed by atoms with Gasteiger partial charge in [-0.2, -0.15) is 9.44 Å². The lowest BCUT2D eigenvalue weighted by atomic mass is 10.2. The molecule has 0 radical (unpaired) electrons. The summed E-state index contributed by atoms with van der Waals surface area (Å²) in [5.74, 6) is -0.880. The zero-order valence-electron chi connectivity index (χ0n) is 26.2. The van der Waals surface area contributed by atoms with Crippen molar-refractivity contribution < 1.29 is 40.6 Å². The first-order valence-corrected chi connectivity index (χ1v) is 17.8. The van der Waals surface area contributed by atoms with E-state index in [0.29, 0.717) is 0 Å². The maximum atomic E-state index is 13.3. The number of hydrogen-bond acceptors (Lipinski definition) is 9. The van der Waals surface area contributed by atoms with Crippen molar-refractivity contribution in [3.8, 4) is 0 Å². The molecule has 2 aromatic carbocycles. The summed E-state index contributed by atoms with van der Waals surface area (Å²) in [6.45, 7) is 8.55. The average Bonchev–Trinajstić information content (AvgIpc) is 3.00. The first kappa shape index (κ1) is 36.5. The molecule has 0 spiro atoms. The van der Waals surface area contributed by atoms with Gasteiger partial charge in [0, 0.05) is 26.2 Å². The van der Waals surface area contributed by atoms with E-state index in [1.54, 1.807) is 24.3 Å². The Labute approximate surface area is 266 Å². The molecule has 1 fully saturated rings. The Morgan fingerprint density at radius 3 is 1.18 bits per heavy atom. The van der Waals surface area contributed by atoms with Crippen LogP contribution >= 0.6 is 0 Å². The number of aryl methyl sites for hydroxylation is 2. The van der Waals surface area contributed by atoms with E-state index in [0.717, 1.165) is 11.1 Å². The number of nitrogens with one attached hydrogen (secondary N) is 2. The zero-order valence-corrected chi connectivity index (χ0v) is 27.9. The normalized spacial score (nSPS) is 18.0. The van der Waals surface area contributed by atoms with Gasteiger partial charge in [0.05, 0.1) is 61.5 Å². The van der Waals surface area contributed by atoms with E-state index in [-0.39, 0.29) is 75.6 Å². The van der Waals surface area contributed by atoms with Gasteiger partial charge in [-0.25, -0.2) is 16.8 Å². The topological polar surface area (TPSA) is 161 Å². The molecule has 0 saturated carbocycles. The number of carbonyl (C=O) groups is 2. The molecule has 13 nitrogen and oxygen atoms in total. The molecule has 2 amide bonds. The molecular weight excluding hydrogens is 624 g/mol. The van der Waals surface area contributed by atoms with Crippen molar-refractivity contribution in [3.63, 3.8) is 0 Å². The summed E-state index contributed by atoms with van der Waals surface area (Å²) in [5, 5.41) is 0. The van der Waals surface area contributed by atoms with E-state index >= 15 is 0 Å². The van der Waals surface area contributed by atoms with E-state index in [4.69, 9.17) is 14.2 Å².